The zero-order valence-electron chi connectivity index (χ0n) is 33.1. The van der Waals surface area contributed by atoms with E-state index in [1.807, 2.05) is 0 Å². The van der Waals surface area contributed by atoms with Crippen LogP contribution in [0.4, 0.5) is 0 Å². The molecule has 0 radical (unpaired) electrons. The number of aliphatic hydroxyl groups is 6. The monoisotopic (exact) mass is 764 g/mol. The number of ketones is 1. The van der Waals surface area contributed by atoms with Crippen LogP contribution in [-0.4, -0.2) is 121 Å². The molecule has 0 aromatic carbocycles. The van der Waals surface area contributed by atoms with E-state index in [0.29, 0.717) is 19.3 Å². The number of hydrogen-bond donors (Lipinski definition) is 7. The van der Waals surface area contributed by atoms with Crippen LogP contribution in [0, 0.1) is 44.8 Å². The second-order valence-electron chi connectivity index (χ2n) is 20.3. The van der Waals surface area contributed by atoms with Crippen LogP contribution in [0.1, 0.15) is 113 Å². The largest absolute Gasteiger partial charge is 0.479 e. The van der Waals surface area contributed by atoms with Crippen LogP contribution in [-0.2, 0) is 28.5 Å². The summed E-state index contributed by atoms with van der Waals surface area (Å²) in [6.45, 7) is 17.3. The van der Waals surface area contributed by atoms with Gasteiger partial charge in [0.05, 0.1) is 12.2 Å². The normalized spacial score (nSPS) is 54.0. The Balaban J connectivity index is 1.16. The third kappa shape index (κ3) is 5.84. The highest BCUT2D eigenvalue weighted by molar-refractivity contribution is 5.91. The second kappa shape index (κ2) is 13.3. The van der Waals surface area contributed by atoms with Crippen molar-refractivity contribution >= 4 is 11.8 Å². The Kier molecular flexibility index (Phi) is 9.98. The van der Waals surface area contributed by atoms with Crippen molar-refractivity contribution < 1.29 is 64.3 Å². The van der Waals surface area contributed by atoms with Crippen molar-refractivity contribution in [3.05, 3.63) is 11.6 Å². The summed E-state index contributed by atoms with van der Waals surface area (Å²) in [6, 6.07) is 0. The van der Waals surface area contributed by atoms with Gasteiger partial charge in [-0.3, -0.25) is 4.79 Å². The number of fused-ring (bicyclic) bond motifs is 7. The molecule has 0 bridgehead atoms. The van der Waals surface area contributed by atoms with Crippen LogP contribution in [0.3, 0.4) is 0 Å². The van der Waals surface area contributed by atoms with E-state index in [9.17, 15) is 45.3 Å². The highest BCUT2D eigenvalue weighted by Gasteiger charge is 2.70. The van der Waals surface area contributed by atoms with E-state index in [0.717, 1.165) is 38.5 Å². The minimum absolute atomic E-state index is 0.0169. The Morgan fingerprint density at radius 3 is 2.15 bits per heavy atom. The Hall–Kier alpha value is -1.52. The SMILES string of the molecule is CC1OC(OC2C(OC3CCC4(C)C(CCC5(C)C4CC=C4C6CC(C)(C)CCC6(O)C(=O)CC45C)C3(C)C)OC(C(=O)O)C(O)C2O)C(O)C(O)C1O. The van der Waals surface area contributed by atoms with Crippen molar-refractivity contribution in [1.29, 1.82) is 0 Å². The summed E-state index contributed by atoms with van der Waals surface area (Å²) < 4.78 is 24.1. The van der Waals surface area contributed by atoms with Gasteiger partial charge in [0.2, 0.25) is 0 Å². The van der Waals surface area contributed by atoms with E-state index in [1.54, 1.807) is 0 Å². The van der Waals surface area contributed by atoms with Gasteiger partial charge in [-0.05, 0) is 91.8 Å². The van der Waals surface area contributed by atoms with Crippen LogP contribution in [0.25, 0.3) is 0 Å². The van der Waals surface area contributed by atoms with Gasteiger partial charge in [-0.2, -0.15) is 0 Å². The van der Waals surface area contributed by atoms with Gasteiger partial charge in [-0.25, -0.2) is 4.79 Å². The number of Topliss-reactive ketones (excluding diaryl/α,β-unsaturated/α-hetero) is 1. The summed E-state index contributed by atoms with van der Waals surface area (Å²) in [5.74, 6) is -1.29. The van der Waals surface area contributed by atoms with Crippen LogP contribution in [0.2, 0.25) is 0 Å². The molecule has 54 heavy (non-hydrogen) atoms. The third-order valence-electron chi connectivity index (χ3n) is 16.5. The van der Waals surface area contributed by atoms with Gasteiger partial charge in [0.1, 0.15) is 42.2 Å². The number of carboxylic acid groups (broad SMARTS) is 1. The molecular formula is C41H64O13. The molecule has 13 nitrogen and oxygen atoms in total. The molecule has 2 aliphatic heterocycles. The van der Waals surface area contributed by atoms with Crippen LogP contribution in [0.5, 0.6) is 0 Å². The van der Waals surface area contributed by atoms with Crippen molar-refractivity contribution in [3.8, 4) is 0 Å². The first-order chi connectivity index (χ1) is 24.9. The van der Waals surface area contributed by atoms with Crippen molar-refractivity contribution in [2.45, 2.75) is 186 Å². The minimum Gasteiger partial charge on any atom is -0.479 e. The van der Waals surface area contributed by atoms with Gasteiger partial charge >= 0.3 is 5.97 Å². The van der Waals surface area contributed by atoms with E-state index < -0.39 is 84.5 Å². The third-order valence-corrected chi connectivity index (χ3v) is 16.5. The van der Waals surface area contributed by atoms with E-state index in [1.165, 1.54) is 12.5 Å². The fourth-order valence-electron chi connectivity index (χ4n) is 13.0. The number of aliphatic carboxylic acids is 1. The molecule has 0 spiro atoms. The van der Waals surface area contributed by atoms with E-state index in [-0.39, 0.29) is 45.2 Å². The molecule has 18 unspecified atom stereocenters. The highest BCUT2D eigenvalue weighted by atomic mass is 16.8. The van der Waals surface area contributed by atoms with Crippen LogP contribution in [0.15, 0.2) is 11.6 Å². The molecule has 7 aliphatic rings. The maximum absolute atomic E-state index is 14.0. The van der Waals surface area contributed by atoms with Gasteiger partial charge in [0.25, 0.3) is 0 Å². The summed E-state index contributed by atoms with van der Waals surface area (Å²) in [6.07, 6.45) is -7.48. The lowest BCUT2D eigenvalue weighted by Gasteiger charge is -2.71. The van der Waals surface area contributed by atoms with Crippen molar-refractivity contribution in [2.24, 2.45) is 44.8 Å². The maximum Gasteiger partial charge on any atom is 0.335 e. The first-order valence-electron chi connectivity index (χ1n) is 20.1. The Bertz CT molecular complexity index is 1530. The zero-order valence-corrected chi connectivity index (χ0v) is 33.1. The van der Waals surface area contributed by atoms with Gasteiger partial charge in [-0.1, -0.05) is 60.1 Å². The molecule has 0 aromatic heterocycles. The summed E-state index contributed by atoms with van der Waals surface area (Å²) >= 11 is 0. The molecule has 2 saturated heterocycles. The molecule has 13 heteroatoms. The fraction of sp³-hybridized carbons (Fsp3) is 0.902. The average molecular weight is 765 g/mol. The zero-order chi connectivity index (χ0) is 39.7. The Labute approximate surface area is 318 Å². The molecule has 18 atom stereocenters. The van der Waals surface area contributed by atoms with Crippen molar-refractivity contribution in [1.82, 2.24) is 0 Å². The Morgan fingerprint density at radius 1 is 0.796 bits per heavy atom. The number of aliphatic hydroxyl groups excluding tert-OH is 5. The number of hydrogen-bond acceptors (Lipinski definition) is 12. The molecule has 0 amide bonds. The number of ether oxygens (including phenoxy) is 4. The van der Waals surface area contributed by atoms with Gasteiger partial charge < -0.3 is 54.7 Å². The van der Waals surface area contributed by atoms with E-state index >= 15 is 0 Å². The van der Waals surface area contributed by atoms with Crippen LogP contribution >= 0.6 is 0 Å². The number of carbonyl (C=O) groups excluding carboxylic acids is 1. The first-order valence-corrected chi connectivity index (χ1v) is 20.1. The number of rotatable bonds is 5. The van der Waals surface area contributed by atoms with Gasteiger partial charge in [-0.15, -0.1) is 0 Å². The van der Waals surface area contributed by atoms with Crippen molar-refractivity contribution in [3.63, 3.8) is 0 Å². The molecule has 7 N–H and O–H groups in total. The number of allylic oxidation sites excluding steroid dienone is 1. The predicted molar refractivity (Wildman–Crippen MR) is 192 cm³/mol. The topological polar surface area (TPSA) is 213 Å². The lowest BCUT2D eigenvalue weighted by atomic mass is 9.34. The molecule has 5 aliphatic carbocycles. The quantitative estimate of drug-likeness (QED) is 0.159. The van der Waals surface area contributed by atoms with E-state index in [2.05, 4.69) is 54.5 Å². The lowest BCUT2D eigenvalue weighted by Crippen LogP contribution is -2.68. The average Bonchev–Trinajstić information content (AvgIpc) is 3.08. The standard InChI is InChI=1S/C41H64O13/c1-19-26(43)27(44)30(47)34(51-19)54-32-29(46)28(45)31(33(48)49)53-35(32)52-25-12-13-38(6)22(37(25,4)5)11-14-39(7)23(38)10-9-20-21-17-36(2,3)15-16-41(21,50)24(42)18-40(20,39)8/h9,19,21-23,25-32,34-35,43-47,50H,10-18H2,1-8H3,(H,48,49). The van der Waals surface area contributed by atoms with E-state index in [4.69, 9.17) is 18.9 Å². The molecule has 306 valence electrons. The molecule has 4 saturated carbocycles. The second-order valence-corrected chi connectivity index (χ2v) is 20.3. The molecule has 6 fully saturated rings. The number of carboxylic acids is 1. The summed E-state index contributed by atoms with van der Waals surface area (Å²) in [4.78, 5) is 26.2. The summed E-state index contributed by atoms with van der Waals surface area (Å²) in [7, 11) is 0. The minimum atomic E-state index is -1.90. The summed E-state index contributed by atoms with van der Waals surface area (Å²) in [5, 5.41) is 75.1. The Morgan fingerprint density at radius 2 is 1.48 bits per heavy atom. The smallest absolute Gasteiger partial charge is 0.335 e. The van der Waals surface area contributed by atoms with Gasteiger partial charge in [0, 0.05) is 17.8 Å². The predicted octanol–water partition coefficient (Wildman–Crippen LogP) is 2.84. The molecule has 2 heterocycles. The fourth-order valence-corrected chi connectivity index (χ4v) is 13.0. The lowest BCUT2D eigenvalue weighted by molar-refractivity contribution is -0.372. The summed E-state index contributed by atoms with van der Waals surface area (Å²) in [5.41, 5.74) is -1.21. The molecule has 7 rings (SSSR count). The molecule has 0 aromatic rings. The number of carbonyl (C=O) groups is 2. The van der Waals surface area contributed by atoms with Crippen molar-refractivity contribution in [2.75, 3.05) is 0 Å². The van der Waals surface area contributed by atoms with Gasteiger partial charge in [0.15, 0.2) is 24.5 Å². The maximum atomic E-state index is 14.0. The first kappa shape index (κ1) is 40.7. The highest BCUT2D eigenvalue weighted by Crippen LogP contribution is 2.74. The molecular weight excluding hydrogens is 700 g/mol. The van der Waals surface area contributed by atoms with Crippen LogP contribution < -0.4 is 0 Å².